The molecule has 34 heavy (non-hydrogen) atoms. The Hall–Kier alpha value is -3.98. The fourth-order valence-corrected chi connectivity index (χ4v) is 6.10. The second-order valence-corrected chi connectivity index (χ2v) is 9.18. The molecule has 6 aromatic carbocycles. The van der Waals surface area contributed by atoms with E-state index in [0.717, 1.165) is 43.4 Å². The SMILES string of the molecule is O[C@]1(c2cccc3ccccc23)c2cccc3cccc(c23)[C@@]1(O)c1cccc2ccccc12. The van der Waals surface area contributed by atoms with Gasteiger partial charge in [0, 0.05) is 0 Å². The third-order valence-electron chi connectivity index (χ3n) is 7.57. The van der Waals surface area contributed by atoms with Gasteiger partial charge in [0.05, 0.1) is 0 Å². The first-order valence-corrected chi connectivity index (χ1v) is 11.6. The molecule has 2 nitrogen and oxygen atoms in total. The van der Waals surface area contributed by atoms with Crippen LogP contribution < -0.4 is 0 Å². The van der Waals surface area contributed by atoms with Crippen LogP contribution in [0.2, 0.25) is 0 Å². The third-order valence-corrected chi connectivity index (χ3v) is 7.57. The molecule has 2 heteroatoms. The van der Waals surface area contributed by atoms with E-state index in [2.05, 4.69) is 0 Å². The van der Waals surface area contributed by atoms with Gasteiger partial charge in [-0.3, -0.25) is 0 Å². The van der Waals surface area contributed by atoms with E-state index in [9.17, 15) is 10.2 Å². The maximum atomic E-state index is 13.0. The van der Waals surface area contributed by atoms with Crippen molar-refractivity contribution in [3.63, 3.8) is 0 Å². The maximum Gasteiger partial charge on any atom is 0.153 e. The zero-order chi connectivity index (χ0) is 22.9. The van der Waals surface area contributed by atoms with Gasteiger partial charge in [-0.2, -0.15) is 0 Å². The first-order valence-electron chi connectivity index (χ1n) is 11.6. The lowest BCUT2D eigenvalue weighted by Gasteiger charge is -2.41. The molecule has 2 atom stereocenters. The molecular weight excluding hydrogens is 416 g/mol. The molecule has 0 saturated heterocycles. The lowest BCUT2D eigenvalue weighted by Crippen LogP contribution is -2.48. The van der Waals surface area contributed by atoms with Gasteiger partial charge in [0.1, 0.15) is 0 Å². The summed E-state index contributed by atoms with van der Waals surface area (Å²) in [6.07, 6.45) is 0. The van der Waals surface area contributed by atoms with E-state index in [-0.39, 0.29) is 0 Å². The van der Waals surface area contributed by atoms with Crippen molar-refractivity contribution >= 4 is 32.3 Å². The second-order valence-electron chi connectivity index (χ2n) is 9.18. The van der Waals surface area contributed by atoms with Gasteiger partial charge in [-0.1, -0.05) is 121 Å². The quantitative estimate of drug-likeness (QED) is 0.318. The molecular formula is C32H22O2. The Labute approximate surface area is 197 Å². The predicted molar refractivity (Wildman–Crippen MR) is 138 cm³/mol. The number of hydrogen-bond donors (Lipinski definition) is 2. The van der Waals surface area contributed by atoms with Crippen molar-refractivity contribution in [1.82, 2.24) is 0 Å². The summed E-state index contributed by atoms with van der Waals surface area (Å²) >= 11 is 0. The summed E-state index contributed by atoms with van der Waals surface area (Å²) in [7, 11) is 0. The van der Waals surface area contributed by atoms with E-state index in [4.69, 9.17) is 0 Å². The highest BCUT2D eigenvalue weighted by Gasteiger charge is 2.60. The Morgan fingerprint density at radius 3 is 1.18 bits per heavy atom. The van der Waals surface area contributed by atoms with Crippen molar-refractivity contribution < 1.29 is 10.2 Å². The first-order chi connectivity index (χ1) is 16.6. The summed E-state index contributed by atoms with van der Waals surface area (Å²) in [6, 6.07) is 39.9. The molecule has 0 spiro atoms. The molecule has 0 aliphatic heterocycles. The minimum atomic E-state index is -1.69. The molecule has 0 heterocycles. The van der Waals surface area contributed by atoms with Gasteiger partial charge in [-0.25, -0.2) is 0 Å². The Morgan fingerprint density at radius 2 is 0.706 bits per heavy atom. The number of hydrogen-bond acceptors (Lipinski definition) is 2. The van der Waals surface area contributed by atoms with Crippen molar-refractivity contribution in [2.45, 2.75) is 11.2 Å². The molecule has 0 aromatic heterocycles. The Morgan fingerprint density at radius 1 is 0.353 bits per heavy atom. The van der Waals surface area contributed by atoms with Gasteiger partial charge < -0.3 is 10.2 Å². The second kappa shape index (κ2) is 6.77. The van der Waals surface area contributed by atoms with Crippen LogP contribution in [0.15, 0.2) is 121 Å². The fraction of sp³-hybridized carbons (Fsp3) is 0.0625. The minimum Gasteiger partial charge on any atom is -0.377 e. The highest BCUT2D eigenvalue weighted by atomic mass is 16.4. The summed E-state index contributed by atoms with van der Waals surface area (Å²) in [5.74, 6) is 0. The zero-order valence-electron chi connectivity index (χ0n) is 18.4. The van der Waals surface area contributed by atoms with E-state index < -0.39 is 11.2 Å². The normalized spacial score (nSPS) is 21.5. The molecule has 162 valence electrons. The lowest BCUT2D eigenvalue weighted by molar-refractivity contribution is -0.103. The summed E-state index contributed by atoms with van der Waals surface area (Å²) in [5.41, 5.74) is -0.531. The predicted octanol–water partition coefficient (Wildman–Crippen LogP) is 6.63. The van der Waals surface area contributed by atoms with Crippen molar-refractivity contribution in [2.75, 3.05) is 0 Å². The van der Waals surface area contributed by atoms with E-state index >= 15 is 0 Å². The molecule has 1 aliphatic rings. The van der Waals surface area contributed by atoms with Crippen molar-refractivity contribution in [3.8, 4) is 0 Å². The Kier molecular flexibility index (Phi) is 3.88. The molecule has 0 radical (unpaired) electrons. The van der Waals surface area contributed by atoms with Gasteiger partial charge in [-0.05, 0) is 54.6 Å². The molecule has 0 amide bonds. The summed E-state index contributed by atoms with van der Waals surface area (Å²) in [4.78, 5) is 0. The van der Waals surface area contributed by atoms with Crippen LogP contribution in [0.3, 0.4) is 0 Å². The van der Waals surface area contributed by atoms with Gasteiger partial charge in [0.2, 0.25) is 0 Å². The van der Waals surface area contributed by atoms with E-state index in [1.165, 1.54) is 0 Å². The van der Waals surface area contributed by atoms with Crippen molar-refractivity contribution in [1.29, 1.82) is 0 Å². The molecule has 0 bridgehead atoms. The van der Waals surface area contributed by atoms with Crippen molar-refractivity contribution in [3.05, 3.63) is 144 Å². The minimum absolute atomic E-state index is 0.699. The molecule has 0 fully saturated rings. The van der Waals surface area contributed by atoms with Crippen LogP contribution in [0.4, 0.5) is 0 Å². The Balaban J connectivity index is 1.69. The molecule has 1 aliphatic carbocycles. The van der Waals surface area contributed by atoms with Gasteiger partial charge >= 0.3 is 0 Å². The van der Waals surface area contributed by atoms with Gasteiger partial charge in [-0.15, -0.1) is 0 Å². The first kappa shape index (κ1) is 19.5. The zero-order valence-corrected chi connectivity index (χ0v) is 18.4. The summed E-state index contributed by atoms with van der Waals surface area (Å²) < 4.78 is 0. The van der Waals surface area contributed by atoms with Crippen LogP contribution in [-0.4, -0.2) is 10.2 Å². The Bertz CT molecular complexity index is 1620. The molecule has 2 N–H and O–H groups in total. The van der Waals surface area contributed by atoms with Gasteiger partial charge in [0.15, 0.2) is 11.2 Å². The molecule has 7 rings (SSSR count). The summed E-state index contributed by atoms with van der Waals surface area (Å²) in [5, 5.41) is 31.8. The number of aliphatic hydroxyl groups is 2. The smallest absolute Gasteiger partial charge is 0.153 e. The molecule has 0 unspecified atom stereocenters. The van der Waals surface area contributed by atoms with Gasteiger partial charge in [0.25, 0.3) is 0 Å². The van der Waals surface area contributed by atoms with E-state index in [0.29, 0.717) is 11.1 Å². The van der Waals surface area contributed by atoms with Crippen LogP contribution in [-0.2, 0) is 11.2 Å². The largest absolute Gasteiger partial charge is 0.377 e. The van der Waals surface area contributed by atoms with Crippen molar-refractivity contribution in [2.24, 2.45) is 0 Å². The standard InChI is InChI=1S/C32H22O2/c33-31(26-17-5-11-21-9-1-3-15-24(21)26)28-19-7-13-23-14-8-20-29(30(23)28)32(31,34)27-18-6-12-22-10-2-4-16-25(22)27/h1-20,33-34H/t31-,32+. The average molecular weight is 439 g/mol. The third kappa shape index (κ3) is 2.27. The van der Waals surface area contributed by atoms with Crippen LogP contribution in [0.5, 0.6) is 0 Å². The highest BCUT2D eigenvalue weighted by Crippen LogP contribution is 2.59. The van der Waals surface area contributed by atoms with E-state index in [1.807, 2.05) is 121 Å². The van der Waals surface area contributed by atoms with Crippen LogP contribution >= 0.6 is 0 Å². The maximum absolute atomic E-state index is 13.0. The van der Waals surface area contributed by atoms with Crippen LogP contribution in [0.1, 0.15) is 22.3 Å². The average Bonchev–Trinajstić information content (AvgIpc) is 3.10. The number of fused-ring (bicyclic) bond motifs is 2. The number of rotatable bonds is 2. The fourth-order valence-electron chi connectivity index (χ4n) is 6.10. The van der Waals surface area contributed by atoms with Crippen LogP contribution in [0.25, 0.3) is 32.3 Å². The highest BCUT2D eigenvalue weighted by molar-refractivity contribution is 5.99. The summed E-state index contributed by atoms with van der Waals surface area (Å²) in [6.45, 7) is 0. The topological polar surface area (TPSA) is 40.5 Å². The number of benzene rings is 6. The molecule has 0 saturated carbocycles. The van der Waals surface area contributed by atoms with Crippen LogP contribution in [0, 0.1) is 0 Å². The molecule has 6 aromatic rings. The monoisotopic (exact) mass is 438 g/mol. The van der Waals surface area contributed by atoms with E-state index in [1.54, 1.807) is 0 Å². The lowest BCUT2D eigenvalue weighted by atomic mass is 9.69.